The van der Waals surface area contributed by atoms with Crippen molar-refractivity contribution in [2.45, 2.75) is 26.4 Å². The van der Waals surface area contributed by atoms with E-state index >= 15 is 0 Å². The van der Waals surface area contributed by atoms with Gasteiger partial charge < -0.3 is 11.1 Å². The molecule has 2 aromatic rings. The molecule has 3 N–H and O–H groups in total. The van der Waals surface area contributed by atoms with E-state index in [1.54, 1.807) is 12.3 Å². The summed E-state index contributed by atoms with van der Waals surface area (Å²) in [5.41, 5.74) is 8.09. The molecule has 0 aliphatic carbocycles. The molecule has 0 bridgehead atoms. The summed E-state index contributed by atoms with van der Waals surface area (Å²) in [5, 5.41) is 7.55. The Morgan fingerprint density at radius 1 is 1.45 bits per heavy atom. The number of nitrogens with two attached hydrogens (primary N) is 1. The third-order valence-corrected chi connectivity index (χ3v) is 3.24. The van der Waals surface area contributed by atoms with Crippen molar-refractivity contribution in [2.24, 2.45) is 5.73 Å². The van der Waals surface area contributed by atoms with Gasteiger partial charge in [0.1, 0.15) is 0 Å². The Balaban J connectivity index is 1.75. The molecule has 0 saturated heterocycles. The molecule has 0 saturated carbocycles. The number of amides is 1. The highest BCUT2D eigenvalue weighted by atomic mass is 16.1. The quantitative estimate of drug-likeness (QED) is 0.750. The Bertz CT molecular complexity index is 563. The van der Waals surface area contributed by atoms with E-state index in [0.29, 0.717) is 5.56 Å². The molecular formula is C15H20N4O. The highest BCUT2D eigenvalue weighted by Crippen LogP contribution is 2.10. The molecule has 0 aliphatic heterocycles. The summed E-state index contributed by atoms with van der Waals surface area (Å²) < 4.78 is 1.93. The van der Waals surface area contributed by atoms with E-state index in [0.717, 1.165) is 31.6 Å². The van der Waals surface area contributed by atoms with Gasteiger partial charge in [-0.2, -0.15) is 5.10 Å². The van der Waals surface area contributed by atoms with Crippen LogP contribution < -0.4 is 11.1 Å². The third-order valence-electron chi connectivity index (χ3n) is 3.24. The molecule has 1 amide bonds. The zero-order valence-corrected chi connectivity index (χ0v) is 11.7. The second-order valence-corrected chi connectivity index (χ2v) is 4.80. The fourth-order valence-corrected chi connectivity index (χ4v) is 2.07. The van der Waals surface area contributed by atoms with Crippen molar-refractivity contribution in [1.82, 2.24) is 15.1 Å². The predicted octanol–water partition coefficient (Wildman–Crippen LogP) is 1.47. The second-order valence-electron chi connectivity index (χ2n) is 4.80. The molecule has 2 rings (SSSR count). The lowest BCUT2D eigenvalue weighted by Crippen LogP contribution is -2.18. The van der Waals surface area contributed by atoms with Crippen molar-refractivity contribution in [1.29, 1.82) is 0 Å². The van der Waals surface area contributed by atoms with Gasteiger partial charge in [0.15, 0.2) is 0 Å². The van der Waals surface area contributed by atoms with Crippen molar-refractivity contribution in [3.8, 4) is 0 Å². The fraction of sp³-hybridized carbons (Fsp3) is 0.333. The van der Waals surface area contributed by atoms with Gasteiger partial charge in [-0.05, 0) is 49.2 Å². The summed E-state index contributed by atoms with van der Waals surface area (Å²) in [5.74, 6) is -0.383. The van der Waals surface area contributed by atoms with Crippen LogP contribution in [0.4, 0.5) is 0 Å². The van der Waals surface area contributed by atoms with Crippen molar-refractivity contribution >= 4 is 5.91 Å². The van der Waals surface area contributed by atoms with E-state index in [1.807, 2.05) is 36.0 Å². The predicted molar refractivity (Wildman–Crippen MR) is 78.2 cm³/mol. The standard InChI is InChI=1S/C15H20N4O/c1-12-10-13(15(16)20)4-5-14(12)11-17-6-2-8-19-9-3-7-18-19/h3-5,7,9-10,17H,2,6,8,11H2,1H3,(H2,16,20). The van der Waals surface area contributed by atoms with Gasteiger partial charge in [-0.25, -0.2) is 0 Å². The first-order valence-electron chi connectivity index (χ1n) is 6.74. The highest BCUT2D eigenvalue weighted by molar-refractivity contribution is 5.93. The number of primary amides is 1. The Morgan fingerprint density at radius 3 is 2.95 bits per heavy atom. The molecule has 0 aliphatic rings. The molecular weight excluding hydrogens is 252 g/mol. The van der Waals surface area contributed by atoms with Crippen molar-refractivity contribution in [3.63, 3.8) is 0 Å². The van der Waals surface area contributed by atoms with Crippen LogP contribution in [0, 0.1) is 6.92 Å². The number of aromatic nitrogens is 2. The first-order valence-corrected chi connectivity index (χ1v) is 6.74. The van der Waals surface area contributed by atoms with Gasteiger partial charge >= 0.3 is 0 Å². The van der Waals surface area contributed by atoms with Crippen molar-refractivity contribution < 1.29 is 4.79 Å². The molecule has 0 radical (unpaired) electrons. The largest absolute Gasteiger partial charge is 0.366 e. The molecule has 20 heavy (non-hydrogen) atoms. The van der Waals surface area contributed by atoms with Gasteiger partial charge in [0.05, 0.1) is 0 Å². The van der Waals surface area contributed by atoms with Crippen LogP contribution in [0.5, 0.6) is 0 Å². The van der Waals surface area contributed by atoms with Crippen molar-refractivity contribution in [2.75, 3.05) is 6.54 Å². The zero-order chi connectivity index (χ0) is 14.4. The average molecular weight is 272 g/mol. The summed E-state index contributed by atoms with van der Waals surface area (Å²) in [6.45, 7) is 4.63. The Kier molecular flexibility index (Phi) is 4.90. The number of carbonyl (C=O) groups excluding carboxylic acids is 1. The number of benzene rings is 1. The maximum atomic E-state index is 11.1. The smallest absolute Gasteiger partial charge is 0.248 e. The second kappa shape index (κ2) is 6.86. The molecule has 106 valence electrons. The highest BCUT2D eigenvalue weighted by Gasteiger charge is 2.03. The summed E-state index contributed by atoms with van der Waals surface area (Å²) in [6.07, 6.45) is 4.78. The van der Waals surface area contributed by atoms with Crippen LogP contribution in [0.25, 0.3) is 0 Å². The van der Waals surface area contributed by atoms with Crippen LogP contribution in [-0.4, -0.2) is 22.2 Å². The van der Waals surface area contributed by atoms with Gasteiger partial charge in [0.25, 0.3) is 0 Å². The molecule has 1 aromatic carbocycles. The van der Waals surface area contributed by atoms with Gasteiger partial charge in [-0.3, -0.25) is 9.48 Å². The first kappa shape index (κ1) is 14.3. The average Bonchev–Trinajstić information content (AvgIpc) is 2.93. The van der Waals surface area contributed by atoms with Crippen LogP contribution in [-0.2, 0) is 13.1 Å². The minimum atomic E-state index is -0.383. The normalized spacial score (nSPS) is 10.7. The number of hydrogen-bond donors (Lipinski definition) is 2. The number of nitrogens with zero attached hydrogens (tertiary/aromatic N) is 2. The SMILES string of the molecule is Cc1cc(C(N)=O)ccc1CNCCCn1cccn1. The summed E-state index contributed by atoms with van der Waals surface area (Å²) >= 11 is 0. The molecule has 1 aromatic heterocycles. The number of hydrogen-bond acceptors (Lipinski definition) is 3. The van der Waals surface area contributed by atoms with E-state index in [1.165, 1.54) is 5.56 Å². The van der Waals surface area contributed by atoms with E-state index in [4.69, 9.17) is 5.73 Å². The number of aryl methyl sites for hydroxylation is 2. The first-order chi connectivity index (χ1) is 9.66. The van der Waals surface area contributed by atoms with Gasteiger partial charge in [-0.15, -0.1) is 0 Å². The van der Waals surface area contributed by atoms with E-state index in [9.17, 15) is 4.79 Å². The summed E-state index contributed by atoms with van der Waals surface area (Å²) in [6, 6.07) is 7.49. The Labute approximate surface area is 118 Å². The van der Waals surface area contributed by atoms with E-state index < -0.39 is 0 Å². The van der Waals surface area contributed by atoms with Crippen LogP contribution in [0.1, 0.15) is 27.9 Å². The van der Waals surface area contributed by atoms with Gasteiger partial charge in [-0.1, -0.05) is 6.07 Å². The minimum Gasteiger partial charge on any atom is -0.366 e. The lowest BCUT2D eigenvalue weighted by molar-refractivity contribution is 0.1000. The molecule has 0 fully saturated rings. The Morgan fingerprint density at radius 2 is 2.30 bits per heavy atom. The molecule has 5 nitrogen and oxygen atoms in total. The fourth-order valence-electron chi connectivity index (χ4n) is 2.07. The summed E-state index contributed by atoms with van der Waals surface area (Å²) in [4.78, 5) is 11.1. The van der Waals surface area contributed by atoms with Crippen LogP contribution in [0.15, 0.2) is 36.7 Å². The Hall–Kier alpha value is -2.14. The lowest BCUT2D eigenvalue weighted by Gasteiger charge is -2.09. The maximum absolute atomic E-state index is 11.1. The number of carbonyl (C=O) groups is 1. The molecule has 1 heterocycles. The van der Waals surface area contributed by atoms with Crippen molar-refractivity contribution in [3.05, 3.63) is 53.3 Å². The summed E-state index contributed by atoms with van der Waals surface area (Å²) in [7, 11) is 0. The maximum Gasteiger partial charge on any atom is 0.248 e. The van der Waals surface area contributed by atoms with Crippen LogP contribution in [0.3, 0.4) is 0 Å². The van der Waals surface area contributed by atoms with Crippen LogP contribution in [0.2, 0.25) is 0 Å². The third kappa shape index (κ3) is 3.93. The van der Waals surface area contributed by atoms with Gasteiger partial charge in [0.2, 0.25) is 5.91 Å². The number of rotatable bonds is 7. The van der Waals surface area contributed by atoms with Gasteiger partial charge in [0, 0.05) is 31.0 Å². The molecule has 0 unspecified atom stereocenters. The topological polar surface area (TPSA) is 72.9 Å². The van der Waals surface area contributed by atoms with Crippen LogP contribution >= 0.6 is 0 Å². The molecule has 0 spiro atoms. The lowest BCUT2D eigenvalue weighted by atomic mass is 10.0. The molecule has 5 heteroatoms. The minimum absolute atomic E-state index is 0.383. The zero-order valence-electron chi connectivity index (χ0n) is 11.7. The molecule has 0 atom stereocenters. The monoisotopic (exact) mass is 272 g/mol. The van der Waals surface area contributed by atoms with E-state index in [2.05, 4.69) is 10.4 Å². The number of nitrogens with one attached hydrogen (secondary N) is 1. The van der Waals surface area contributed by atoms with E-state index in [-0.39, 0.29) is 5.91 Å².